The zero-order chi connectivity index (χ0) is 13.8. The van der Waals surface area contributed by atoms with E-state index in [9.17, 15) is 0 Å². The molecule has 1 N–H and O–H groups in total. The van der Waals surface area contributed by atoms with E-state index < -0.39 is 0 Å². The summed E-state index contributed by atoms with van der Waals surface area (Å²) in [5, 5.41) is 3.77. The van der Waals surface area contributed by atoms with Crippen molar-refractivity contribution in [3.63, 3.8) is 0 Å². The van der Waals surface area contributed by atoms with Crippen LogP contribution in [0.3, 0.4) is 0 Å². The molecule has 0 spiro atoms. The third kappa shape index (κ3) is 3.73. The number of nitrogens with one attached hydrogen (secondary N) is 1. The molecular formula is C17H35N. The molecule has 4 unspecified atom stereocenters. The van der Waals surface area contributed by atoms with Gasteiger partial charge in [-0.1, -0.05) is 60.8 Å². The first kappa shape index (κ1) is 16.0. The van der Waals surface area contributed by atoms with Crippen LogP contribution >= 0.6 is 0 Å². The highest BCUT2D eigenvalue weighted by atomic mass is 14.9. The predicted octanol–water partition coefficient (Wildman–Crippen LogP) is 4.86. The minimum absolute atomic E-state index is 0.475. The zero-order valence-corrected chi connectivity index (χ0v) is 13.6. The lowest BCUT2D eigenvalue weighted by atomic mass is 9.61. The molecule has 1 nitrogen and oxygen atoms in total. The molecule has 1 rings (SSSR count). The summed E-state index contributed by atoms with van der Waals surface area (Å²) in [6.45, 7) is 15.6. The van der Waals surface area contributed by atoms with Gasteiger partial charge >= 0.3 is 0 Å². The van der Waals surface area contributed by atoms with Crippen LogP contribution in [0.5, 0.6) is 0 Å². The molecule has 0 bridgehead atoms. The van der Waals surface area contributed by atoms with Gasteiger partial charge in [0.15, 0.2) is 0 Å². The Balaban J connectivity index is 2.76. The van der Waals surface area contributed by atoms with Crippen LogP contribution in [-0.2, 0) is 0 Å². The molecule has 18 heavy (non-hydrogen) atoms. The summed E-state index contributed by atoms with van der Waals surface area (Å²) in [5.41, 5.74) is 0.475. The van der Waals surface area contributed by atoms with Crippen molar-refractivity contribution in [3.8, 4) is 0 Å². The molecule has 0 heterocycles. The summed E-state index contributed by atoms with van der Waals surface area (Å²) >= 11 is 0. The van der Waals surface area contributed by atoms with E-state index in [1.54, 1.807) is 0 Å². The fourth-order valence-corrected chi connectivity index (χ4v) is 3.93. The molecule has 0 aromatic heterocycles. The summed E-state index contributed by atoms with van der Waals surface area (Å²) in [4.78, 5) is 0. The van der Waals surface area contributed by atoms with Crippen LogP contribution in [0, 0.1) is 23.2 Å². The van der Waals surface area contributed by atoms with E-state index in [2.05, 4.69) is 46.9 Å². The largest absolute Gasteiger partial charge is 0.314 e. The van der Waals surface area contributed by atoms with Gasteiger partial charge in [-0.05, 0) is 42.6 Å². The molecule has 0 aromatic rings. The fraction of sp³-hybridized carbons (Fsp3) is 1.00. The lowest BCUT2D eigenvalue weighted by Crippen LogP contribution is -2.48. The smallest absolute Gasteiger partial charge is 0.0103 e. The van der Waals surface area contributed by atoms with Crippen LogP contribution in [0.25, 0.3) is 0 Å². The lowest BCUT2D eigenvalue weighted by Gasteiger charge is -2.47. The van der Waals surface area contributed by atoms with Crippen LogP contribution in [0.15, 0.2) is 0 Å². The Labute approximate surface area is 115 Å². The predicted molar refractivity (Wildman–Crippen MR) is 81.8 cm³/mol. The van der Waals surface area contributed by atoms with Crippen molar-refractivity contribution >= 4 is 0 Å². The molecule has 0 aliphatic heterocycles. The molecule has 1 aliphatic carbocycles. The molecule has 0 saturated heterocycles. The van der Waals surface area contributed by atoms with Crippen molar-refractivity contribution in [1.29, 1.82) is 0 Å². The summed E-state index contributed by atoms with van der Waals surface area (Å²) in [5.74, 6) is 2.60. The van der Waals surface area contributed by atoms with Crippen LogP contribution < -0.4 is 5.32 Å². The van der Waals surface area contributed by atoms with E-state index in [-0.39, 0.29) is 0 Å². The Hall–Kier alpha value is -0.0400. The van der Waals surface area contributed by atoms with E-state index in [1.807, 2.05) is 0 Å². The van der Waals surface area contributed by atoms with Crippen molar-refractivity contribution in [2.45, 2.75) is 79.7 Å². The second-order valence-corrected chi connectivity index (χ2v) is 7.20. The molecule has 0 radical (unpaired) electrons. The minimum atomic E-state index is 0.475. The second kappa shape index (κ2) is 6.93. The maximum absolute atomic E-state index is 3.77. The highest BCUT2D eigenvalue weighted by Gasteiger charge is 2.41. The van der Waals surface area contributed by atoms with E-state index in [4.69, 9.17) is 0 Å². The first-order valence-electron chi connectivity index (χ1n) is 8.16. The van der Waals surface area contributed by atoms with Crippen LogP contribution in [-0.4, -0.2) is 12.6 Å². The SMILES string of the molecule is CCCC(C)C(C)(C)C1CCC(C)CC1NCC. The third-order valence-electron chi connectivity index (χ3n) is 5.53. The maximum atomic E-state index is 3.77. The number of hydrogen-bond donors (Lipinski definition) is 1. The van der Waals surface area contributed by atoms with Crippen molar-refractivity contribution in [3.05, 3.63) is 0 Å². The van der Waals surface area contributed by atoms with E-state index in [0.29, 0.717) is 5.41 Å². The topological polar surface area (TPSA) is 12.0 Å². The quantitative estimate of drug-likeness (QED) is 0.712. The summed E-state index contributed by atoms with van der Waals surface area (Å²) in [7, 11) is 0. The van der Waals surface area contributed by atoms with E-state index >= 15 is 0 Å². The van der Waals surface area contributed by atoms with Gasteiger partial charge in [-0.25, -0.2) is 0 Å². The highest BCUT2D eigenvalue weighted by molar-refractivity contribution is 4.93. The maximum Gasteiger partial charge on any atom is 0.0103 e. The van der Waals surface area contributed by atoms with Crippen LogP contribution in [0.2, 0.25) is 0 Å². The molecule has 1 saturated carbocycles. The Kier molecular flexibility index (Phi) is 6.17. The monoisotopic (exact) mass is 253 g/mol. The number of hydrogen-bond acceptors (Lipinski definition) is 1. The minimum Gasteiger partial charge on any atom is -0.314 e. The first-order chi connectivity index (χ1) is 8.43. The fourth-order valence-electron chi connectivity index (χ4n) is 3.93. The average molecular weight is 253 g/mol. The summed E-state index contributed by atoms with van der Waals surface area (Å²) in [6, 6.07) is 0.744. The zero-order valence-electron chi connectivity index (χ0n) is 13.6. The standard InChI is InChI=1S/C17H35N/c1-7-9-14(4)17(5,6)15-11-10-13(3)12-16(15)18-8-2/h13-16,18H,7-12H2,1-6H3. The van der Waals surface area contributed by atoms with Gasteiger partial charge < -0.3 is 5.32 Å². The van der Waals surface area contributed by atoms with Gasteiger partial charge in [0.25, 0.3) is 0 Å². The van der Waals surface area contributed by atoms with Gasteiger partial charge in [-0.15, -0.1) is 0 Å². The molecular weight excluding hydrogens is 218 g/mol. The Bertz CT molecular complexity index is 234. The summed E-state index contributed by atoms with van der Waals surface area (Å²) in [6.07, 6.45) is 6.91. The van der Waals surface area contributed by atoms with Gasteiger partial charge in [-0.2, -0.15) is 0 Å². The van der Waals surface area contributed by atoms with Crippen LogP contribution in [0.1, 0.15) is 73.6 Å². The molecule has 1 heteroatoms. The molecule has 0 amide bonds. The van der Waals surface area contributed by atoms with Gasteiger partial charge in [0, 0.05) is 6.04 Å². The Morgan fingerprint density at radius 2 is 1.89 bits per heavy atom. The molecule has 1 aliphatic rings. The van der Waals surface area contributed by atoms with Crippen molar-refractivity contribution in [1.82, 2.24) is 5.32 Å². The normalized spacial score (nSPS) is 31.3. The molecule has 108 valence electrons. The molecule has 0 aromatic carbocycles. The van der Waals surface area contributed by atoms with Gasteiger partial charge in [0.05, 0.1) is 0 Å². The number of rotatable bonds is 6. The first-order valence-corrected chi connectivity index (χ1v) is 8.16. The van der Waals surface area contributed by atoms with Crippen molar-refractivity contribution in [2.75, 3.05) is 6.54 Å². The lowest BCUT2D eigenvalue weighted by molar-refractivity contribution is 0.0459. The van der Waals surface area contributed by atoms with Gasteiger partial charge in [0.2, 0.25) is 0 Å². The molecule has 1 fully saturated rings. The summed E-state index contributed by atoms with van der Waals surface area (Å²) < 4.78 is 0. The highest BCUT2D eigenvalue weighted by Crippen LogP contribution is 2.45. The van der Waals surface area contributed by atoms with Crippen LogP contribution in [0.4, 0.5) is 0 Å². The van der Waals surface area contributed by atoms with Crippen molar-refractivity contribution < 1.29 is 0 Å². The van der Waals surface area contributed by atoms with Gasteiger partial charge in [0.1, 0.15) is 0 Å². The second-order valence-electron chi connectivity index (χ2n) is 7.20. The average Bonchev–Trinajstić information content (AvgIpc) is 2.29. The van der Waals surface area contributed by atoms with E-state index in [0.717, 1.165) is 30.3 Å². The van der Waals surface area contributed by atoms with Crippen molar-refractivity contribution in [2.24, 2.45) is 23.2 Å². The third-order valence-corrected chi connectivity index (χ3v) is 5.53. The molecule has 4 atom stereocenters. The van der Waals surface area contributed by atoms with E-state index in [1.165, 1.54) is 32.1 Å². The Morgan fingerprint density at radius 1 is 1.22 bits per heavy atom. The van der Waals surface area contributed by atoms with Gasteiger partial charge in [-0.3, -0.25) is 0 Å². The Morgan fingerprint density at radius 3 is 2.44 bits per heavy atom.